The smallest absolute Gasteiger partial charge is 0.307 e. The van der Waals surface area contributed by atoms with Crippen LogP contribution in [0.4, 0.5) is 19.0 Å². The lowest BCUT2D eigenvalue weighted by atomic mass is 10.1. The van der Waals surface area contributed by atoms with Crippen molar-refractivity contribution < 1.29 is 18.0 Å². The molecule has 10 heteroatoms. The molecule has 29 heavy (non-hydrogen) atoms. The summed E-state index contributed by atoms with van der Waals surface area (Å²) >= 11 is 0. The number of carbonyl (C=O) groups excluding carboxylic acids is 1. The molecule has 148 valence electrons. The molecule has 0 saturated carbocycles. The molecule has 0 bridgehead atoms. The number of alkyl halides is 3. The molecule has 0 fully saturated rings. The second-order valence-electron chi connectivity index (χ2n) is 6.52. The van der Waals surface area contributed by atoms with Crippen molar-refractivity contribution in [3.63, 3.8) is 0 Å². The van der Waals surface area contributed by atoms with Gasteiger partial charge in [0.25, 0.3) is 5.91 Å². The Morgan fingerprint density at radius 3 is 2.52 bits per heavy atom. The zero-order valence-electron chi connectivity index (χ0n) is 15.4. The van der Waals surface area contributed by atoms with Gasteiger partial charge in [0, 0.05) is 54.6 Å². The van der Waals surface area contributed by atoms with Crippen molar-refractivity contribution in [2.75, 3.05) is 5.32 Å². The molecule has 0 spiro atoms. The average Bonchev–Trinajstić information content (AvgIpc) is 3.26. The fourth-order valence-electron chi connectivity index (χ4n) is 2.90. The van der Waals surface area contributed by atoms with Gasteiger partial charge in [-0.2, -0.15) is 23.4 Å². The third-order valence-electron chi connectivity index (χ3n) is 4.40. The van der Waals surface area contributed by atoms with E-state index in [0.717, 1.165) is 27.3 Å². The van der Waals surface area contributed by atoms with Crippen molar-refractivity contribution >= 4 is 22.6 Å². The number of aryl methyl sites for hydroxylation is 2. The van der Waals surface area contributed by atoms with Gasteiger partial charge in [-0.1, -0.05) is 6.07 Å². The standard InChI is InChI=1S/C19H15F3N6O/c1-27-10-14(9-24-27)13-5-11-3-4-12(6-15(11)23-8-13)18(29)25-17-7-16(19(20,21)22)26-28(17)2/h3-10H,1-2H3,(H,25,29). The summed E-state index contributed by atoms with van der Waals surface area (Å²) in [6, 6.07) is 7.63. The second-order valence-corrected chi connectivity index (χ2v) is 6.52. The minimum Gasteiger partial charge on any atom is -0.307 e. The molecular weight excluding hydrogens is 385 g/mol. The summed E-state index contributed by atoms with van der Waals surface area (Å²) in [5.41, 5.74) is 1.59. The number of fused-ring (bicyclic) bond motifs is 1. The van der Waals surface area contributed by atoms with Crippen LogP contribution in [0.5, 0.6) is 0 Å². The van der Waals surface area contributed by atoms with Crippen LogP contribution < -0.4 is 5.32 Å². The maximum atomic E-state index is 12.8. The fraction of sp³-hybridized carbons (Fsp3) is 0.158. The summed E-state index contributed by atoms with van der Waals surface area (Å²) in [4.78, 5) is 16.9. The van der Waals surface area contributed by atoms with Crippen LogP contribution in [0.15, 0.2) is 48.9 Å². The summed E-state index contributed by atoms with van der Waals surface area (Å²) in [5, 5.41) is 10.8. The Labute approximate surface area is 162 Å². The Bertz CT molecular complexity index is 1220. The molecule has 0 atom stereocenters. The highest BCUT2D eigenvalue weighted by Crippen LogP contribution is 2.30. The number of aromatic nitrogens is 5. The number of anilines is 1. The van der Waals surface area contributed by atoms with Crippen LogP contribution in [0.1, 0.15) is 16.1 Å². The first-order valence-corrected chi connectivity index (χ1v) is 8.52. The zero-order valence-corrected chi connectivity index (χ0v) is 15.4. The van der Waals surface area contributed by atoms with E-state index < -0.39 is 17.8 Å². The van der Waals surface area contributed by atoms with Gasteiger partial charge in [-0.15, -0.1) is 0 Å². The lowest BCUT2D eigenvalue weighted by molar-refractivity contribution is -0.141. The predicted octanol–water partition coefficient (Wildman–Crippen LogP) is 3.64. The van der Waals surface area contributed by atoms with E-state index >= 15 is 0 Å². The van der Waals surface area contributed by atoms with E-state index in [0.29, 0.717) is 5.52 Å². The van der Waals surface area contributed by atoms with E-state index in [4.69, 9.17) is 0 Å². The van der Waals surface area contributed by atoms with Crippen molar-refractivity contribution in [2.45, 2.75) is 6.18 Å². The maximum absolute atomic E-state index is 12.8. The number of pyridine rings is 1. The first-order valence-electron chi connectivity index (χ1n) is 8.52. The van der Waals surface area contributed by atoms with Crippen molar-refractivity contribution in [1.29, 1.82) is 0 Å². The fourth-order valence-corrected chi connectivity index (χ4v) is 2.90. The largest absolute Gasteiger partial charge is 0.435 e. The molecule has 7 nitrogen and oxygen atoms in total. The molecule has 1 aromatic carbocycles. The molecule has 0 aliphatic rings. The summed E-state index contributed by atoms with van der Waals surface area (Å²) < 4.78 is 41.0. The van der Waals surface area contributed by atoms with E-state index in [9.17, 15) is 18.0 Å². The number of halogens is 3. The van der Waals surface area contributed by atoms with Gasteiger partial charge in [0.15, 0.2) is 5.69 Å². The van der Waals surface area contributed by atoms with Crippen LogP contribution >= 0.6 is 0 Å². The first-order chi connectivity index (χ1) is 13.7. The lowest BCUT2D eigenvalue weighted by Crippen LogP contribution is -2.14. The summed E-state index contributed by atoms with van der Waals surface area (Å²) in [6.45, 7) is 0. The molecule has 0 aliphatic heterocycles. The number of amides is 1. The van der Waals surface area contributed by atoms with E-state index in [1.807, 2.05) is 19.3 Å². The predicted molar refractivity (Wildman–Crippen MR) is 100 cm³/mol. The summed E-state index contributed by atoms with van der Waals surface area (Å²) in [6.07, 6.45) is 0.693. The highest BCUT2D eigenvalue weighted by atomic mass is 19.4. The van der Waals surface area contributed by atoms with E-state index in [1.54, 1.807) is 35.3 Å². The van der Waals surface area contributed by atoms with E-state index in [2.05, 4.69) is 20.5 Å². The van der Waals surface area contributed by atoms with Crippen molar-refractivity contribution in [1.82, 2.24) is 24.5 Å². The molecule has 4 aromatic rings. The average molecular weight is 400 g/mol. The van der Waals surface area contributed by atoms with Crippen molar-refractivity contribution in [3.8, 4) is 11.1 Å². The van der Waals surface area contributed by atoms with Crippen LogP contribution in [0, 0.1) is 0 Å². The molecule has 0 saturated heterocycles. The monoisotopic (exact) mass is 400 g/mol. The van der Waals surface area contributed by atoms with Gasteiger partial charge in [0.2, 0.25) is 0 Å². The quantitative estimate of drug-likeness (QED) is 0.570. The van der Waals surface area contributed by atoms with E-state index in [-0.39, 0.29) is 11.4 Å². The SMILES string of the molecule is Cn1cc(-c2cnc3cc(C(=O)Nc4cc(C(F)(F)F)nn4C)ccc3c2)cn1. The highest BCUT2D eigenvalue weighted by Gasteiger charge is 2.34. The lowest BCUT2D eigenvalue weighted by Gasteiger charge is -2.07. The number of carbonyl (C=O) groups is 1. The number of nitrogens with one attached hydrogen (secondary N) is 1. The van der Waals surface area contributed by atoms with Crippen LogP contribution in [0.25, 0.3) is 22.0 Å². The number of benzene rings is 1. The second kappa shape index (κ2) is 6.73. The van der Waals surface area contributed by atoms with Crippen LogP contribution in [-0.2, 0) is 20.3 Å². The molecule has 0 radical (unpaired) electrons. The Kier molecular flexibility index (Phi) is 4.33. The van der Waals surface area contributed by atoms with E-state index in [1.165, 1.54) is 7.05 Å². The Balaban J connectivity index is 1.59. The number of hydrogen-bond acceptors (Lipinski definition) is 4. The normalized spacial score (nSPS) is 11.8. The van der Waals surface area contributed by atoms with Crippen molar-refractivity contribution in [2.24, 2.45) is 14.1 Å². The Hall–Kier alpha value is -3.69. The molecule has 1 amide bonds. The molecular formula is C19H15F3N6O. The molecule has 0 unspecified atom stereocenters. The first kappa shape index (κ1) is 18.7. The third kappa shape index (κ3) is 3.68. The topological polar surface area (TPSA) is 77.6 Å². The maximum Gasteiger partial charge on any atom is 0.435 e. The molecule has 4 rings (SSSR count). The van der Waals surface area contributed by atoms with Gasteiger partial charge in [-0.05, 0) is 18.2 Å². The Morgan fingerprint density at radius 2 is 1.86 bits per heavy atom. The number of hydrogen-bond donors (Lipinski definition) is 1. The zero-order chi connectivity index (χ0) is 20.8. The Morgan fingerprint density at radius 1 is 1.07 bits per heavy atom. The van der Waals surface area contributed by atoms with Crippen LogP contribution in [-0.4, -0.2) is 30.5 Å². The molecule has 1 N–H and O–H groups in total. The molecule has 3 aromatic heterocycles. The molecule has 3 heterocycles. The van der Waals surface area contributed by atoms with Gasteiger partial charge in [0.1, 0.15) is 5.82 Å². The number of rotatable bonds is 3. The van der Waals surface area contributed by atoms with Gasteiger partial charge in [-0.25, -0.2) is 0 Å². The van der Waals surface area contributed by atoms with Crippen LogP contribution in [0.2, 0.25) is 0 Å². The molecule has 0 aliphatic carbocycles. The van der Waals surface area contributed by atoms with Gasteiger partial charge >= 0.3 is 6.18 Å². The van der Waals surface area contributed by atoms with Gasteiger partial charge < -0.3 is 5.32 Å². The van der Waals surface area contributed by atoms with Gasteiger partial charge in [-0.3, -0.25) is 19.1 Å². The third-order valence-corrected chi connectivity index (χ3v) is 4.40. The van der Waals surface area contributed by atoms with Crippen LogP contribution in [0.3, 0.4) is 0 Å². The summed E-state index contributed by atoms with van der Waals surface area (Å²) in [5.74, 6) is -0.607. The van der Waals surface area contributed by atoms with Gasteiger partial charge in [0.05, 0.1) is 11.7 Å². The number of nitrogens with zero attached hydrogens (tertiary/aromatic N) is 5. The van der Waals surface area contributed by atoms with Crippen molar-refractivity contribution in [3.05, 3.63) is 60.2 Å². The minimum atomic E-state index is -4.58. The summed E-state index contributed by atoms with van der Waals surface area (Å²) in [7, 11) is 3.15. The minimum absolute atomic E-state index is 0.0534. The highest BCUT2D eigenvalue weighted by molar-refractivity contribution is 6.05.